The van der Waals surface area contributed by atoms with E-state index in [9.17, 15) is 9.90 Å². The van der Waals surface area contributed by atoms with Gasteiger partial charge in [-0.25, -0.2) is 0 Å². The van der Waals surface area contributed by atoms with Crippen LogP contribution >= 0.6 is 0 Å². The van der Waals surface area contributed by atoms with E-state index in [1.807, 2.05) is 44.6 Å². The van der Waals surface area contributed by atoms with Gasteiger partial charge in [0.15, 0.2) is 0 Å². The molecule has 0 spiro atoms. The molecule has 144 valence electrons. The van der Waals surface area contributed by atoms with Crippen LogP contribution < -0.4 is 4.90 Å². The summed E-state index contributed by atoms with van der Waals surface area (Å²) < 4.78 is 0. The van der Waals surface area contributed by atoms with Crippen LogP contribution in [-0.4, -0.2) is 47.6 Å². The van der Waals surface area contributed by atoms with E-state index in [0.29, 0.717) is 6.42 Å². The van der Waals surface area contributed by atoms with Crippen molar-refractivity contribution in [3.05, 3.63) is 71.9 Å². The number of likely N-dealkylation sites (tertiary alicyclic amines) is 1. The van der Waals surface area contributed by atoms with Crippen molar-refractivity contribution in [2.24, 2.45) is 0 Å². The zero-order chi connectivity index (χ0) is 19.7. The molecule has 0 bridgehead atoms. The van der Waals surface area contributed by atoms with E-state index in [4.69, 9.17) is 0 Å². The molecule has 0 amide bonds. The summed E-state index contributed by atoms with van der Waals surface area (Å²) in [6.07, 6.45) is 3.40. The molecule has 0 saturated carbocycles. The number of hydrogen-bond acceptors (Lipinski definition) is 4. The van der Waals surface area contributed by atoms with E-state index in [1.54, 1.807) is 0 Å². The van der Waals surface area contributed by atoms with Gasteiger partial charge >= 0.3 is 5.97 Å². The summed E-state index contributed by atoms with van der Waals surface area (Å²) in [5.41, 5.74) is 4.27. The fourth-order valence-corrected chi connectivity index (χ4v) is 4.22. The molecule has 1 aliphatic rings. The summed E-state index contributed by atoms with van der Waals surface area (Å²) in [7, 11) is 4.04. The third-order valence-electron chi connectivity index (χ3n) is 5.61. The SMILES string of the molecule is CN(C)c1ccc(C(c2ccnc3ccccc23)N2CCCC2C(=O)O)cc1. The monoisotopic (exact) mass is 375 g/mol. The zero-order valence-corrected chi connectivity index (χ0v) is 16.2. The number of fused-ring (bicyclic) bond motifs is 1. The molecule has 0 aliphatic carbocycles. The molecule has 5 heteroatoms. The van der Waals surface area contributed by atoms with Crippen molar-refractivity contribution in [2.45, 2.75) is 24.9 Å². The fraction of sp³-hybridized carbons (Fsp3) is 0.304. The Morgan fingerprint density at radius 1 is 1.14 bits per heavy atom. The standard InChI is InChI=1S/C23H25N3O2/c1-25(2)17-11-9-16(10-12-17)22(26-15-5-8-21(26)23(27)28)19-13-14-24-20-7-4-3-6-18(19)20/h3-4,6-7,9-14,21-22H,5,8,15H2,1-2H3,(H,27,28). The van der Waals surface area contributed by atoms with Crippen molar-refractivity contribution >= 4 is 22.6 Å². The highest BCUT2D eigenvalue weighted by Crippen LogP contribution is 2.38. The fourth-order valence-electron chi connectivity index (χ4n) is 4.22. The van der Waals surface area contributed by atoms with E-state index in [0.717, 1.165) is 40.7 Å². The van der Waals surface area contributed by atoms with Gasteiger partial charge < -0.3 is 10.0 Å². The molecule has 2 atom stereocenters. The second kappa shape index (κ2) is 7.60. The third kappa shape index (κ3) is 3.34. The average Bonchev–Trinajstić information content (AvgIpc) is 3.18. The van der Waals surface area contributed by atoms with Gasteiger partial charge in [0.25, 0.3) is 0 Å². The Bertz CT molecular complexity index is 979. The zero-order valence-electron chi connectivity index (χ0n) is 16.2. The minimum absolute atomic E-state index is 0.118. The number of rotatable bonds is 5. The van der Waals surface area contributed by atoms with Crippen LogP contribution in [0.1, 0.15) is 30.0 Å². The number of pyridine rings is 1. The van der Waals surface area contributed by atoms with Crippen LogP contribution in [-0.2, 0) is 4.79 Å². The van der Waals surface area contributed by atoms with E-state index < -0.39 is 12.0 Å². The maximum atomic E-state index is 11.9. The van der Waals surface area contributed by atoms with Gasteiger partial charge in [-0.1, -0.05) is 30.3 Å². The minimum atomic E-state index is -0.745. The summed E-state index contributed by atoms with van der Waals surface area (Å²) in [6, 6.07) is 17.9. The molecule has 4 rings (SSSR count). The number of carboxylic acid groups (broad SMARTS) is 1. The van der Waals surface area contributed by atoms with E-state index in [1.165, 1.54) is 0 Å². The number of nitrogens with zero attached hydrogens (tertiary/aromatic N) is 3. The van der Waals surface area contributed by atoms with Crippen LogP contribution in [0.5, 0.6) is 0 Å². The first-order valence-electron chi connectivity index (χ1n) is 9.66. The number of hydrogen-bond donors (Lipinski definition) is 1. The molecule has 1 aliphatic heterocycles. The van der Waals surface area contributed by atoms with Crippen molar-refractivity contribution in [1.82, 2.24) is 9.88 Å². The molecule has 2 heterocycles. The Hall–Kier alpha value is -2.92. The summed E-state index contributed by atoms with van der Waals surface area (Å²) in [6.45, 7) is 0.772. The molecule has 28 heavy (non-hydrogen) atoms. The number of aliphatic carboxylic acids is 1. The number of para-hydroxylation sites is 1. The van der Waals surface area contributed by atoms with Gasteiger partial charge in [0.1, 0.15) is 6.04 Å². The molecule has 3 aromatic rings. The molecular weight excluding hydrogens is 350 g/mol. The average molecular weight is 375 g/mol. The summed E-state index contributed by atoms with van der Waals surface area (Å²) in [4.78, 5) is 20.6. The maximum Gasteiger partial charge on any atom is 0.320 e. The van der Waals surface area contributed by atoms with E-state index in [-0.39, 0.29) is 6.04 Å². The molecule has 2 unspecified atom stereocenters. The topological polar surface area (TPSA) is 56.7 Å². The van der Waals surface area contributed by atoms with Gasteiger partial charge in [-0.05, 0) is 48.2 Å². The Morgan fingerprint density at radius 3 is 2.61 bits per heavy atom. The molecule has 1 saturated heterocycles. The van der Waals surface area contributed by atoms with E-state index >= 15 is 0 Å². The highest BCUT2D eigenvalue weighted by Gasteiger charge is 2.37. The van der Waals surface area contributed by atoms with Gasteiger partial charge in [0.05, 0.1) is 11.6 Å². The normalized spacial score (nSPS) is 18.3. The molecule has 2 aromatic carbocycles. The molecule has 5 nitrogen and oxygen atoms in total. The van der Waals surface area contributed by atoms with Crippen LogP contribution in [0.2, 0.25) is 0 Å². The number of anilines is 1. The molecule has 1 aromatic heterocycles. The first-order valence-corrected chi connectivity index (χ1v) is 9.66. The first kappa shape index (κ1) is 18.4. The summed E-state index contributed by atoms with van der Waals surface area (Å²) in [5, 5.41) is 10.9. The minimum Gasteiger partial charge on any atom is -0.480 e. The maximum absolute atomic E-state index is 11.9. The van der Waals surface area contributed by atoms with Gasteiger partial charge in [-0.15, -0.1) is 0 Å². The van der Waals surface area contributed by atoms with Gasteiger partial charge in [-0.2, -0.15) is 0 Å². The molecule has 1 N–H and O–H groups in total. The first-order chi connectivity index (χ1) is 13.6. The largest absolute Gasteiger partial charge is 0.480 e. The Kier molecular flexibility index (Phi) is 5.01. The van der Waals surface area contributed by atoms with Crippen molar-refractivity contribution in [2.75, 3.05) is 25.5 Å². The lowest BCUT2D eigenvalue weighted by Gasteiger charge is -2.33. The van der Waals surface area contributed by atoms with Crippen molar-refractivity contribution < 1.29 is 9.90 Å². The van der Waals surface area contributed by atoms with Gasteiger partial charge in [-0.3, -0.25) is 14.7 Å². The lowest BCUT2D eigenvalue weighted by molar-refractivity contribution is -0.142. The second-order valence-electron chi connectivity index (χ2n) is 7.54. The van der Waals surface area contributed by atoms with E-state index in [2.05, 4.69) is 45.1 Å². The quantitative estimate of drug-likeness (QED) is 0.732. The van der Waals surface area contributed by atoms with Crippen LogP contribution in [0.4, 0.5) is 5.69 Å². The van der Waals surface area contributed by atoms with Gasteiger partial charge in [0, 0.05) is 37.9 Å². The Balaban J connectivity index is 1.87. The number of carboxylic acids is 1. The van der Waals surface area contributed by atoms with Crippen molar-refractivity contribution in [1.29, 1.82) is 0 Å². The highest BCUT2D eigenvalue weighted by molar-refractivity contribution is 5.83. The number of benzene rings is 2. The lowest BCUT2D eigenvalue weighted by atomic mass is 9.93. The van der Waals surface area contributed by atoms with Crippen LogP contribution in [0, 0.1) is 0 Å². The predicted octanol–water partition coefficient (Wildman–Crippen LogP) is 3.94. The smallest absolute Gasteiger partial charge is 0.320 e. The Morgan fingerprint density at radius 2 is 1.89 bits per heavy atom. The second-order valence-corrected chi connectivity index (χ2v) is 7.54. The van der Waals surface area contributed by atoms with Crippen LogP contribution in [0.25, 0.3) is 10.9 Å². The van der Waals surface area contributed by atoms with Crippen molar-refractivity contribution in [3.63, 3.8) is 0 Å². The summed E-state index contributed by atoms with van der Waals surface area (Å²) in [5.74, 6) is -0.745. The van der Waals surface area contributed by atoms with Crippen LogP contribution in [0.3, 0.4) is 0 Å². The highest BCUT2D eigenvalue weighted by atomic mass is 16.4. The third-order valence-corrected chi connectivity index (χ3v) is 5.61. The number of carbonyl (C=O) groups is 1. The Labute approximate surface area is 165 Å². The molecular formula is C23H25N3O2. The predicted molar refractivity (Wildman–Crippen MR) is 112 cm³/mol. The lowest BCUT2D eigenvalue weighted by Crippen LogP contribution is -2.39. The molecule has 0 radical (unpaired) electrons. The number of aromatic nitrogens is 1. The van der Waals surface area contributed by atoms with Gasteiger partial charge in [0.2, 0.25) is 0 Å². The van der Waals surface area contributed by atoms with Crippen molar-refractivity contribution in [3.8, 4) is 0 Å². The molecule has 1 fully saturated rings. The summed E-state index contributed by atoms with van der Waals surface area (Å²) >= 11 is 0. The van der Waals surface area contributed by atoms with Crippen LogP contribution in [0.15, 0.2) is 60.8 Å².